The van der Waals surface area contributed by atoms with Crippen LogP contribution in [0.1, 0.15) is 11.1 Å². The topological polar surface area (TPSA) is 41.6 Å². The molecule has 0 bridgehead atoms. The molecule has 5 heteroatoms. The van der Waals surface area contributed by atoms with E-state index in [-0.39, 0.29) is 6.03 Å². The van der Waals surface area contributed by atoms with E-state index in [1.165, 1.54) is 0 Å². The van der Waals surface area contributed by atoms with Gasteiger partial charge in [0.2, 0.25) is 0 Å². The summed E-state index contributed by atoms with van der Waals surface area (Å²) in [6, 6.07) is 11.5. The molecular weight excluding hydrogens is 260 g/mol. The molecule has 2 amide bonds. The summed E-state index contributed by atoms with van der Waals surface area (Å²) in [5, 5.41) is 4.02. The number of amides is 2. The summed E-state index contributed by atoms with van der Waals surface area (Å²) in [6.45, 7) is 0.933. The van der Waals surface area contributed by atoms with Crippen LogP contribution in [-0.4, -0.2) is 18.0 Å². The van der Waals surface area contributed by atoms with Crippen LogP contribution in [0.25, 0.3) is 0 Å². The van der Waals surface area contributed by atoms with Gasteiger partial charge in [0, 0.05) is 13.6 Å². The van der Waals surface area contributed by atoms with E-state index in [0.29, 0.717) is 13.2 Å². The van der Waals surface area contributed by atoms with Crippen molar-refractivity contribution >= 4 is 17.4 Å². The van der Waals surface area contributed by atoms with Crippen molar-refractivity contribution in [2.45, 2.75) is 13.2 Å². The van der Waals surface area contributed by atoms with Crippen molar-refractivity contribution in [2.24, 2.45) is 0 Å². The van der Waals surface area contributed by atoms with E-state index < -0.39 is 0 Å². The standard InChI is InChI=1S/C14H16N2O2S/c1-16(9-13-7-8-19-11-13)14(17)15-18-10-12-5-3-2-4-6-12/h2-8,11H,9-10H2,1H3,(H,15,17). The van der Waals surface area contributed by atoms with E-state index in [2.05, 4.69) is 5.48 Å². The third kappa shape index (κ3) is 4.39. The summed E-state index contributed by atoms with van der Waals surface area (Å²) < 4.78 is 0. The molecule has 0 aliphatic carbocycles. The molecule has 2 aromatic rings. The van der Waals surface area contributed by atoms with E-state index in [4.69, 9.17) is 4.84 Å². The SMILES string of the molecule is CN(Cc1ccsc1)C(=O)NOCc1ccccc1. The van der Waals surface area contributed by atoms with Crippen molar-refractivity contribution in [1.82, 2.24) is 10.4 Å². The summed E-state index contributed by atoms with van der Waals surface area (Å²) in [4.78, 5) is 18.5. The molecule has 0 radical (unpaired) electrons. The highest BCUT2D eigenvalue weighted by molar-refractivity contribution is 7.07. The van der Waals surface area contributed by atoms with Crippen LogP contribution in [0.4, 0.5) is 4.79 Å². The highest BCUT2D eigenvalue weighted by atomic mass is 32.1. The van der Waals surface area contributed by atoms with Gasteiger partial charge in [-0.15, -0.1) is 0 Å². The predicted octanol–water partition coefficient (Wildman–Crippen LogP) is 3.02. The smallest absolute Gasteiger partial charge is 0.322 e. The first-order valence-electron chi connectivity index (χ1n) is 5.93. The number of rotatable bonds is 5. The zero-order chi connectivity index (χ0) is 13.5. The van der Waals surface area contributed by atoms with Crippen LogP contribution in [0, 0.1) is 0 Å². The molecule has 0 aliphatic rings. The van der Waals surface area contributed by atoms with Gasteiger partial charge in [-0.05, 0) is 28.0 Å². The van der Waals surface area contributed by atoms with Crippen LogP contribution >= 0.6 is 11.3 Å². The number of urea groups is 1. The van der Waals surface area contributed by atoms with Gasteiger partial charge < -0.3 is 4.90 Å². The number of hydrogen-bond acceptors (Lipinski definition) is 3. The van der Waals surface area contributed by atoms with Crippen molar-refractivity contribution in [3.63, 3.8) is 0 Å². The van der Waals surface area contributed by atoms with Crippen molar-refractivity contribution in [3.05, 3.63) is 58.3 Å². The first-order valence-corrected chi connectivity index (χ1v) is 6.88. The monoisotopic (exact) mass is 276 g/mol. The lowest BCUT2D eigenvalue weighted by Crippen LogP contribution is -2.36. The maximum atomic E-state index is 11.8. The zero-order valence-corrected chi connectivity index (χ0v) is 11.5. The number of hydroxylamine groups is 1. The average Bonchev–Trinajstić information content (AvgIpc) is 2.92. The molecule has 1 heterocycles. The molecule has 0 spiro atoms. The van der Waals surface area contributed by atoms with E-state index >= 15 is 0 Å². The van der Waals surface area contributed by atoms with Gasteiger partial charge in [-0.2, -0.15) is 11.3 Å². The van der Waals surface area contributed by atoms with Crippen LogP contribution in [0.3, 0.4) is 0 Å². The molecule has 0 unspecified atom stereocenters. The number of nitrogens with zero attached hydrogens (tertiary/aromatic N) is 1. The first kappa shape index (κ1) is 13.6. The lowest BCUT2D eigenvalue weighted by atomic mass is 10.2. The number of hydrogen-bond donors (Lipinski definition) is 1. The minimum absolute atomic E-state index is 0.248. The van der Waals surface area contributed by atoms with Gasteiger partial charge in [0.05, 0.1) is 6.61 Å². The molecule has 19 heavy (non-hydrogen) atoms. The zero-order valence-electron chi connectivity index (χ0n) is 10.7. The van der Waals surface area contributed by atoms with Crippen molar-refractivity contribution in [2.75, 3.05) is 7.05 Å². The highest BCUT2D eigenvalue weighted by Crippen LogP contribution is 2.08. The summed E-state index contributed by atoms with van der Waals surface area (Å²) >= 11 is 1.62. The van der Waals surface area contributed by atoms with Crippen LogP contribution < -0.4 is 5.48 Å². The van der Waals surface area contributed by atoms with E-state index in [9.17, 15) is 4.79 Å². The van der Waals surface area contributed by atoms with E-state index in [1.54, 1.807) is 23.3 Å². The summed E-state index contributed by atoms with van der Waals surface area (Å²) in [7, 11) is 1.73. The maximum absolute atomic E-state index is 11.8. The van der Waals surface area contributed by atoms with Gasteiger partial charge in [-0.1, -0.05) is 30.3 Å². The van der Waals surface area contributed by atoms with Crippen molar-refractivity contribution < 1.29 is 9.63 Å². The molecular formula is C14H16N2O2S. The van der Waals surface area contributed by atoms with Gasteiger partial charge in [-0.25, -0.2) is 10.3 Å². The van der Waals surface area contributed by atoms with Gasteiger partial charge in [0.15, 0.2) is 0 Å². The second-order valence-corrected chi connectivity index (χ2v) is 4.95. The molecule has 4 nitrogen and oxygen atoms in total. The molecule has 1 aromatic carbocycles. The number of nitrogens with one attached hydrogen (secondary N) is 1. The van der Waals surface area contributed by atoms with Crippen LogP contribution in [-0.2, 0) is 18.0 Å². The third-order valence-corrected chi connectivity index (χ3v) is 3.32. The largest absolute Gasteiger partial charge is 0.341 e. The number of carbonyl (C=O) groups excluding carboxylic acids is 1. The minimum Gasteiger partial charge on any atom is -0.322 e. The Labute approximate surface area is 116 Å². The van der Waals surface area contributed by atoms with Crippen LogP contribution in [0.2, 0.25) is 0 Å². The Bertz CT molecular complexity index is 499. The lowest BCUT2D eigenvalue weighted by Gasteiger charge is -2.16. The van der Waals surface area contributed by atoms with Crippen molar-refractivity contribution in [3.8, 4) is 0 Å². The molecule has 2 rings (SSSR count). The fourth-order valence-electron chi connectivity index (χ4n) is 1.56. The lowest BCUT2D eigenvalue weighted by molar-refractivity contribution is 0.0382. The molecule has 0 saturated carbocycles. The first-order chi connectivity index (χ1) is 9.25. The predicted molar refractivity (Wildman–Crippen MR) is 75.5 cm³/mol. The second-order valence-electron chi connectivity index (χ2n) is 4.17. The van der Waals surface area contributed by atoms with E-state index in [1.807, 2.05) is 47.2 Å². The minimum atomic E-state index is -0.248. The maximum Gasteiger partial charge on any atom is 0.341 e. The Kier molecular flexibility index (Phi) is 4.94. The number of benzene rings is 1. The Hall–Kier alpha value is -1.85. The van der Waals surface area contributed by atoms with Gasteiger partial charge >= 0.3 is 6.03 Å². The van der Waals surface area contributed by atoms with Crippen LogP contribution in [0.5, 0.6) is 0 Å². The summed E-state index contributed by atoms with van der Waals surface area (Å²) in [6.07, 6.45) is 0. The fraction of sp³-hybridized carbons (Fsp3) is 0.214. The highest BCUT2D eigenvalue weighted by Gasteiger charge is 2.08. The number of carbonyl (C=O) groups is 1. The molecule has 1 aromatic heterocycles. The Morgan fingerprint density at radius 2 is 2.05 bits per heavy atom. The molecule has 0 saturated heterocycles. The third-order valence-electron chi connectivity index (χ3n) is 2.59. The van der Waals surface area contributed by atoms with Crippen molar-refractivity contribution in [1.29, 1.82) is 0 Å². The normalized spacial score (nSPS) is 10.2. The molecule has 0 fully saturated rings. The number of thiophene rings is 1. The van der Waals surface area contributed by atoms with Gasteiger partial charge in [0.25, 0.3) is 0 Å². The quantitative estimate of drug-likeness (QED) is 0.853. The Balaban J connectivity index is 1.72. The van der Waals surface area contributed by atoms with E-state index in [0.717, 1.165) is 11.1 Å². The fourth-order valence-corrected chi connectivity index (χ4v) is 2.22. The average molecular weight is 276 g/mol. The molecule has 100 valence electrons. The Morgan fingerprint density at radius 1 is 1.26 bits per heavy atom. The summed E-state index contributed by atoms with van der Waals surface area (Å²) in [5.41, 5.74) is 4.57. The van der Waals surface area contributed by atoms with Crippen LogP contribution in [0.15, 0.2) is 47.2 Å². The van der Waals surface area contributed by atoms with Gasteiger partial charge in [-0.3, -0.25) is 4.84 Å². The molecule has 0 aliphatic heterocycles. The van der Waals surface area contributed by atoms with Gasteiger partial charge in [0.1, 0.15) is 0 Å². The Morgan fingerprint density at radius 3 is 2.74 bits per heavy atom. The molecule has 0 atom stereocenters. The second kappa shape index (κ2) is 6.92. The molecule has 1 N–H and O–H groups in total. The summed E-state index contributed by atoms with van der Waals surface area (Å²) in [5.74, 6) is 0.